The lowest BCUT2D eigenvalue weighted by molar-refractivity contribution is -0.115. The Labute approximate surface area is 263 Å². The van der Waals surface area contributed by atoms with Crippen molar-refractivity contribution in [2.75, 3.05) is 24.9 Å². The molecule has 0 aliphatic rings. The Morgan fingerprint density at radius 3 is 2.21 bits per heavy atom. The van der Waals surface area contributed by atoms with Crippen LogP contribution in [0.25, 0.3) is 6.08 Å². The van der Waals surface area contributed by atoms with Crippen LogP contribution in [0, 0.1) is 0 Å². The fourth-order valence-corrected chi connectivity index (χ4v) is 5.16. The Morgan fingerprint density at radius 1 is 0.837 bits per heavy atom. The zero-order chi connectivity index (χ0) is 30.8. The average Bonchev–Trinajstić information content (AvgIpc) is 3.03. The Balaban J connectivity index is 1.49. The molecule has 0 aromatic heterocycles. The first-order chi connectivity index (χ1) is 20.8. The highest BCUT2D eigenvalue weighted by molar-refractivity contribution is 9.10. The van der Waals surface area contributed by atoms with Crippen LogP contribution < -0.4 is 25.4 Å². The second kappa shape index (κ2) is 15.1. The van der Waals surface area contributed by atoms with Crippen LogP contribution in [0.1, 0.15) is 22.8 Å². The molecule has 0 bridgehead atoms. The summed E-state index contributed by atoms with van der Waals surface area (Å²) in [6.07, 6.45) is 1.55. The van der Waals surface area contributed by atoms with Gasteiger partial charge in [-0.2, -0.15) is 0 Å². The first-order valence-corrected chi connectivity index (χ1v) is 14.9. The van der Waals surface area contributed by atoms with Crippen LogP contribution in [0.2, 0.25) is 0 Å². The molecule has 0 heterocycles. The van der Waals surface area contributed by atoms with E-state index in [9.17, 15) is 14.4 Å². The predicted molar refractivity (Wildman–Crippen MR) is 175 cm³/mol. The lowest BCUT2D eigenvalue weighted by Gasteiger charge is -2.14. The third kappa shape index (κ3) is 8.73. The summed E-state index contributed by atoms with van der Waals surface area (Å²) < 4.78 is 11.5. The summed E-state index contributed by atoms with van der Waals surface area (Å²) in [6.45, 7) is 1.83. The molecule has 0 fully saturated rings. The summed E-state index contributed by atoms with van der Waals surface area (Å²) in [5.74, 6) is -0.0317. The van der Waals surface area contributed by atoms with Gasteiger partial charge in [0.2, 0.25) is 5.91 Å². The van der Waals surface area contributed by atoms with Gasteiger partial charge in [-0.05, 0) is 89.6 Å². The predicted octanol–water partition coefficient (Wildman–Crippen LogP) is 7.00. The quantitative estimate of drug-likeness (QED) is 0.118. The van der Waals surface area contributed by atoms with E-state index in [1.807, 2.05) is 43.3 Å². The third-order valence-corrected chi connectivity index (χ3v) is 8.00. The van der Waals surface area contributed by atoms with Crippen molar-refractivity contribution in [1.29, 1.82) is 0 Å². The van der Waals surface area contributed by atoms with Crippen molar-refractivity contribution in [3.05, 3.63) is 118 Å². The van der Waals surface area contributed by atoms with E-state index in [4.69, 9.17) is 9.47 Å². The molecule has 3 N–H and O–H groups in total. The largest absolute Gasteiger partial charge is 0.497 e. The van der Waals surface area contributed by atoms with Crippen LogP contribution in [0.15, 0.2) is 112 Å². The lowest BCUT2D eigenvalue weighted by atomic mass is 10.1. The van der Waals surface area contributed by atoms with E-state index >= 15 is 0 Å². The van der Waals surface area contributed by atoms with Gasteiger partial charge in [0.1, 0.15) is 17.2 Å². The summed E-state index contributed by atoms with van der Waals surface area (Å²) in [7, 11) is 3.06. The van der Waals surface area contributed by atoms with Gasteiger partial charge in [0, 0.05) is 32.2 Å². The van der Waals surface area contributed by atoms with Crippen LogP contribution in [-0.2, 0) is 9.59 Å². The number of rotatable bonds is 11. The monoisotopic (exact) mass is 659 g/mol. The SMILES string of the molecule is COc1ccc(/C=C(\NC(=O)c2ccccc2)C(=O)Nc2ccc(SC(C)C(=O)Nc3ccccc3Br)cc2)c(OC)c1. The Kier molecular flexibility index (Phi) is 11.0. The molecule has 0 aliphatic heterocycles. The molecule has 8 nitrogen and oxygen atoms in total. The molecule has 4 aromatic carbocycles. The van der Waals surface area contributed by atoms with Crippen molar-refractivity contribution in [2.45, 2.75) is 17.1 Å². The van der Waals surface area contributed by atoms with Gasteiger partial charge in [-0.25, -0.2) is 0 Å². The molecule has 0 saturated heterocycles. The number of thioether (sulfide) groups is 1. The zero-order valence-corrected chi connectivity index (χ0v) is 26.1. The van der Waals surface area contributed by atoms with E-state index in [0.29, 0.717) is 34.0 Å². The second-order valence-corrected chi connectivity index (χ2v) is 11.5. The van der Waals surface area contributed by atoms with Gasteiger partial charge >= 0.3 is 0 Å². The van der Waals surface area contributed by atoms with Crippen molar-refractivity contribution in [3.8, 4) is 11.5 Å². The van der Waals surface area contributed by atoms with E-state index in [0.717, 1.165) is 9.37 Å². The third-order valence-electron chi connectivity index (χ3n) is 6.20. The fourth-order valence-electron chi connectivity index (χ4n) is 3.91. The number of ether oxygens (including phenoxy) is 2. The second-order valence-electron chi connectivity index (χ2n) is 9.19. The van der Waals surface area contributed by atoms with E-state index in [2.05, 4.69) is 31.9 Å². The summed E-state index contributed by atoms with van der Waals surface area (Å²) in [4.78, 5) is 40.0. The van der Waals surface area contributed by atoms with Gasteiger partial charge < -0.3 is 25.4 Å². The number of para-hydroxylation sites is 1. The number of carbonyl (C=O) groups is 3. The molecule has 220 valence electrons. The summed E-state index contributed by atoms with van der Waals surface area (Å²) >= 11 is 4.83. The van der Waals surface area contributed by atoms with E-state index in [1.54, 1.807) is 73.8 Å². The first kappa shape index (κ1) is 31.4. The summed E-state index contributed by atoms with van der Waals surface area (Å²) in [5, 5.41) is 8.12. The fraction of sp³-hybridized carbons (Fsp3) is 0.121. The zero-order valence-electron chi connectivity index (χ0n) is 23.7. The van der Waals surface area contributed by atoms with Crippen molar-refractivity contribution < 1.29 is 23.9 Å². The standard InChI is InChI=1S/C33H30BrN3O5S/c1-21(31(38)36-28-12-8-7-11-27(28)34)43-26-17-14-24(15-18-26)35-33(40)29(37-32(39)22-9-5-4-6-10-22)19-23-13-16-25(41-2)20-30(23)42-3/h4-21H,1-3H3,(H,35,40)(H,36,38)(H,37,39)/b29-19-. The number of hydrogen-bond donors (Lipinski definition) is 3. The maximum Gasteiger partial charge on any atom is 0.272 e. The Bertz CT molecular complexity index is 1630. The van der Waals surface area contributed by atoms with Crippen LogP contribution in [0.3, 0.4) is 0 Å². The minimum absolute atomic E-state index is 0.0214. The van der Waals surface area contributed by atoms with E-state index in [1.165, 1.54) is 18.9 Å². The number of methoxy groups -OCH3 is 2. The molecule has 4 aromatic rings. The van der Waals surface area contributed by atoms with Crippen molar-refractivity contribution >= 4 is 62.9 Å². The molecular formula is C33H30BrN3O5S. The topological polar surface area (TPSA) is 106 Å². The summed E-state index contributed by atoms with van der Waals surface area (Å²) in [5.41, 5.74) is 2.22. The molecule has 43 heavy (non-hydrogen) atoms. The molecule has 1 unspecified atom stereocenters. The molecular weight excluding hydrogens is 630 g/mol. The highest BCUT2D eigenvalue weighted by atomic mass is 79.9. The number of amides is 3. The molecule has 4 rings (SSSR count). The Morgan fingerprint density at radius 2 is 1.53 bits per heavy atom. The van der Waals surface area contributed by atoms with Crippen molar-refractivity contribution in [2.24, 2.45) is 0 Å². The first-order valence-electron chi connectivity index (χ1n) is 13.2. The van der Waals surface area contributed by atoms with E-state index in [-0.39, 0.29) is 16.9 Å². The van der Waals surface area contributed by atoms with Gasteiger partial charge in [-0.15, -0.1) is 11.8 Å². The maximum absolute atomic E-state index is 13.4. The number of halogens is 1. The molecule has 1 atom stereocenters. The van der Waals surface area contributed by atoms with Crippen LogP contribution in [-0.4, -0.2) is 37.2 Å². The highest BCUT2D eigenvalue weighted by Crippen LogP contribution is 2.29. The number of benzene rings is 4. The van der Waals surface area contributed by atoms with Crippen LogP contribution >= 0.6 is 27.7 Å². The molecule has 0 aliphatic carbocycles. The van der Waals surface area contributed by atoms with Crippen molar-refractivity contribution in [3.63, 3.8) is 0 Å². The van der Waals surface area contributed by atoms with Crippen molar-refractivity contribution in [1.82, 2.24) is 5.32 Å². The van der Waals surface area contributed by atoms with Gasteiger partial charge in [0.05, 0.1) is 25.2 Å². The van der Waals surface area contributed by atoms with Gasteiger partial charge in [-0.1, -0.05) is 30.3 Å². The smallest absolute Gasteiger partial charge is 0.272 e. The maximum atomic E-state index is 13.4. The minimum atomic E-state index is -0.524. The lowest BCUT2D eigenvalue weighted by Crippen LogP contribution is -2.30. The van der Waals surface area contributed by atoms with Gasteiger partial charge in [0.25, 0.3) is 11.8 Å². The highest BCUT2D eigenvalue weighted by Gasteiger charge is 2.18. The average molecular weight is 661 g/mol. The number of nitrogens with one attached hydrogen (secondary N) is 3. The Hall–Kier alpha value is -4.54. The molecule has 0 radical (unpaired) electrons. The minimum Gasteiger partial charge on any atom is -0.497 e. The normalized spacial score (nSPS) is 11.7. The molecule has 0 spiro atoms. The summed E-state index contributed by atoms with van der Waals surface area (Å²) in [6, 6.07) is 28.3. The van der Waals surface area contributed by atoms with Gasteiger partial charge in [0.15, 0.2) is 0 Å². The molecule has 10 heteroatoms. The number of hydrogen-bond acceptors (Lipinski definition) is 6. The number of carbonyl (C=O) groups excluding carboxylic acids is 3. The molecule has 0 saturated carbocycles. The van der Waals surface area contributed by atoms with Crippen LogP contribution in [0.5, 0.6) is 11.5 Å². The molecule has 3 amide bonds. The van der Waals surface area contributed by atoms with Gasteiger partial charge in [-0.3, -0.25) is 14.4 Å². The number of anilines is 2. The van der Waals surface area contributed by atoms with Crippen LogP contribution in [0.4, 0.5) is 11.4 Å². The van der Waals surface area contributed by atoms with E-state index < -0.39 is 11.8 Å².